The average molecular weight is 298 g/mol. The zero-order valence-corrected chi connectivity index (χ0v) is 13.9. The van der Waals surface area contributed by atoms with Gasteiger partial charge in [-0.2, -0.15) is 0 Å². The molecule has 5 heteroatoms. The highest BCUT2D eigenvalue weighted by Gasteiger charge is 2.15. The molecule has 0 aliphatic rings. The molecular weight excluding hydrogens is 268 g/mol. The number of Topliss-reactive ketones (excluding diaryl/α,β-unsaturated/α-hetero) is 1. The van der Waals surface area contributed by atoms with Crippen LogP contribution in [0.25, 0.3) is 0 Å². The Morgan fingerprint density at radius 3 is 2.29 bits per heavy atom. The third-order valence-electron chi connectivity index (χ3n) is 4.23. The second kappa shape index (κ2) is 11.5. The van der Waals surface area contributed by atoms with Gasteiger partial charge in [-0.05, 0) is 51.1 Å². The quantitative estimate of drug-likeness (QED) is 0.409. The molecule has 0 aliphatic carbocycles. The highest BCUT2D eigenvalue weighted by Crippen LogP contribution is 2.18. The summed E-state index contributed by atoms with van der Waals surface area (Å²) in [7, 11) is 0. The molecule has 0 fully saturated rings. The Labute approximate surface area is 128 Å². The minimum Gasteiger partial charge on any atom is -0.300 e. The first-order valence-electron chi connectivity index (χ1n) is 7.98. The molecule has 1 amide bonds. The average Bonchev–Trinajstić information content (AvgIpc) is 2.46. The lowest BCUT2D eigenvalue weighted by atomic mass is 9.90. The standard InChI is InChI=1S/C16H30N2O3/c1-5-13(2)14(3)9-11-18(12-16(20)17-21)10-7-6-8-15(4)19/h13-14H,5-12H2,1-4H3/t13-,14?/m0/s1. The summed E-state index contributed by atoms with van der Waals surface area (Å²) in [5.74, 6) is 0.828. The van der Waals surface area contributed by atoms with Gasteiger partial charge in [0, 0.05) is 11.6 Å². The molecule has 5 nitrogen and oxygen atoms in total. The van der Waals surface area contributed by atoms with E-state index in [0.717, 1.165) is 38.8 Å². The molecule has 21 heavy (non-hydrogen) atoms. The Morgan fingerprint density at radius 1 is 1.10 bits per heavy atom. The molecule has 0 aromatic rings. The van der Waals surface area contributed by atoms with Gasteiger partial charge in [-0.1, -0.05) is 27.2 Å². The molecule has 1 unspecified atom stereocenters. The van der Waals surface area contributed by atoms with Crippen LogP contribution < -0.4 is 0 Å². The van der Waals surface area contributed by atoms with E-state index >= 15 is 0 Å². The molecule has 0 bridgehead atoms. The summed E-state index contributed by atoms with van der Waals surface area (Å²) >= 11 is 0. The van der Waals surface area contributed by atoms with Crippen LogP contribution in [0.2, 0.25) is 0 Å². The van der Waals surface area contributed by atoms with Crippen LogP contribution in [-0.2, 0) is 9.59 Å². The summed E-state index contributed by atoms with van der Waals surface area (Å²) in [4.78, 5) is 34.4. The first kappa shape index (κ1) is 19.9. The molecule has 0 heterocycles. The Kier molecular flexibility index (Phi) is 10.9. The number of amides is 1. The van der Waals surface area contributed by atoms with Crippen LogP contribution in [-0.4, -0.2) is 36.2 Å². The smallest absolute Gasteiger partial charge is 0.300 e. The van der Waals surface area contributed by atoms with E-state index in [-0.39, 0.29) is 12.3 Å². The summed E-state index contributed by atoms with van der Waals surface area (Å²) in [6.07, 6.45) is 4.43. The minimum absolute atomic E-state index is 0.0940. The Morgan fingerprint density at radius 2 is 1.76 bits per heavy atom. The van der Waals surface area contributed by atoms with Crippen LogP contribution in [0.15, 0.2) is 5.18 Å². The van der Waals surface area contributed by atoms with Gasteiger partial charge in [0.1, 0.15) is 5.78 Å². The molecule has 0 spiro atoms. The van der Waals surface area contributed by atoms with Gasteiger partial charge in [-0.25, -0.2) is 0 Å². The molecule has 0 saturated heterocycles. The zero-order chi connectivity index (χ0) is 16.3. The first-order valence-corrected chi connectivity index (χ1v) is 7.98. The van der Waals surface area contributed by atoms with Crippen molar-refractivity contribution < 1.29 is 9.59 Å². The Balaban J connectivity index is 4.22. The molecule has 0 saturated carbocycles. The topological polar surface area (TPSA) is 66.8 Å². The van der Waals surface area contributed by atoms with Gasteiger partial charge in [0.15, 0.2) is 0 Å². The fraction of sp³-hybridized carbons (Fsp3) is 0.875. The van der Waals surface area contributed by atoms with Crippen LogP contribution >= 0.6 is 0 Å². The lowest BCUT2D eigenvalue weighted by Crippen LogP contribution is -2.32. The van der Waals surface area contributed by atoms with E-state index in [0.29, 0.717) is 18.3 Å². The van der Waals surface area contributed by atoms with Crippen molar-refractivity contribution >= 4 is 11.7 Å². The maximum atomic E-state index is 11.2. The Hall–Kier alpha value is -1.10. The molecule has 122 valence electrons. The molecule has 0 aliphatic heterocycles. The van der Waals surface area contributed by atoms with Crippen LogP contribution in [0.1, 0.15) is 59.8 Å². The molecule has 2 atom stereocenters. The molecule has 0 rings (SSSR count). The monoisotopic (exact) mass is 298 g/mol. The molecule has 0 N–H and O–H groups in total. The van der Waals surface area contributed by atoms with E-state index in [4.69, 9.17) is 0 Å². The van der Waals surface area contributed by atoms with E-state index < -0.39 is 5.91 Å². The predicted octanol–water partition coefficient (Wildman–Crippen LogP) is 3.41. The number of hydrogen-bond acceptors (Lipinski definition) is 4. The molecule has 0 aromatic heterocycles. The van der Waals surface area contributed by atoms with Crippen molar-refractivity contribution in [2.24, 2.45) is 17.0 Å². The second-order valence-electron chi connectivity index (χ2n) is 6.07. The normalized spacial score (nSPS) is 14.0. The highest BCUT2D eigenvalue weighted by atomic mass is 16.3. The van der Waals surface area contributed by atoms with Crippen molar-refractivity contribution in [1.82, 2.24) is 4.90 Å². The lowest BCUT2D eigenvalue weighted by molar-refractivity contribution is -0.119. The predicted molar refractivity (Wildman–Crippen MR) is 85.0 cm³/mol. The van der Waals surface area contributed by atoms with Gasteiger partial charge < -0.3 is 4.79 Å². The van der Waals surface area contributed by atoms with Crippen LogP contribution in [0.5, 0.6) is 0 Å². The summed E-state index contributed by atoms with van der Waals surface area (Å²) in [6.45, 7) is 9.86. The van der Waals surface area contributed by atoms with E-state index in [1.807, 2.05) is 4.90 Å². The number of unbranched alkanes of at least 4 members (excludes halogenated alkanes) is 1. The SMILES string of the molecule is CC[C@H](C)C(C)CCN(CCCCC(C)=O)CC(=O)N=O. The van der Waals surface area contributed by atoms with Crippen molar-refractivity contribution in [3.63, 3.8) is 0 Å². The van der Waals surface area contributed by atoms with Crippen LogP contribution in [0, 0.1) is 16.7 Å². The summed E-state index contributed by atoms with van der Waals surface area (Å²) in [5, 5.41) is 2.48. The fourth-order valence-corrected chi connectivity index (χ4v) is 2.27. The molecule has 0 radical (unpaired) electrons. The van der Waals surface area contributed by atoms with Crippen molar-refractivity contribution in [3.8, 4) is 0 Å². The third kappa shape index (κ3) is 10.3. The van der Waals surface area contributed by atoms with E-state index in [1.54, 1.807) is 6.92 Å². The van der Waals surface area contributed by atoms with Crippen molar-refractivity contribution in [1.29, 1.82) is 0 Å². The number of carbonyl (C=O) groups is 2. The van der Waals surface area contributed by atoms with Crippen molar-refractivity contribution in [2.75, 3.05) is 19.6 Å². The second-order valence-corrected chi connectivity index (χ2v) is 6.07. The minimum atomic E-state index is -0.613. The van der Waals surface area contributed by atoms with Gasteiger partial charge in [0.2, 0.25) is 0 Å². The lowest BCUT2D eigenvalue weighted by Gasteiger charge is -2.24. The van der Waals surface area contributed by atoms with Crippen LogP contribution in [0.4, 0.5) is 0 Å². The van der Waals surface area contributed by atoms with Gasteiger partial charge in [0.05, 0.1) is 6.54 Å². The summed E-state index contributed by atoms with van der Waals surface area (Å²) in [5.41, 5.74) is 0. The van der Waals surface area contributed by atoms with Crippen molar-refractivity contribution in [3.05, 3.63) is 4.91 Å². The zero-order valence-electron chi connectivity index (χ0n) is 13.9. The van der Waals surface area contributed by atoms with E-state index in [9.17, 15) is 14.5 Å². The van der Waals surface area contributed by atoms with Gasteiger partial charge in [-0.3, -0.25) is 9.69 Å². The summed E-state index contributed by atoms with van der Waals surface area (Å²) in [6, 6.07) is 0. The van der Waals surface area contributed by atoms with Gasteiger partial charge >= 0.3 is 0 Å². The number of carbonyl (C=O) groups excluding carboxylic acids is 2. The number of nitrogens with zero attached hydrogens (tertiary/aromatic N) is 2. The maximum absolute atomic E-state index is 11.2. The number of rotatable bonds is 12. The molecule has 0 aromatic carbocycles. The maximum Gasteiger partial charge on any atom is 0.300 e. The van der Waals surface area contributed by atoms with Gasteiger partial charge in [-0.15, -0.1) is 4.91 Å². The Bertz CT molecular complexity index is 331. The third-order valence-corrected chi connectivity index (χ3v) is 4.23. The van der Waals surface area contributed by atoms with Crippen LogP contribution in [0.3, 0.4) is 0 Å². The van der Waals surface area contributed by atoms with Crippen molar-refractivity contribution in [2.45, 2.75) is 59.8 Å². The molecular formula is C16H30N2O3. The van der Waals surface area contributed by atoms with E-state index in [2.05, 4.69) is 25.9 Å². The number of ketones is 1. The first-order chi connectivity index (χ1) is 9.90. The van der Waals surface area contributed by atoms with Gasteiger partial charge in [0.25, 0.3) is 5.91 Å². The summed E-state index contributed by atoms with van der Waals surface area (Å²) < 4.78 is 0. The number of nitroso groups, excluding NO2 is 1. The largest absolute Gasteiger partial charge is 0.300 e. The fourth-order valence-electron chi connectivity index (χ4n) is 2.27. The number of hydrogen-bond donors (Lipinski definition) is 0. The van der Waals surface area contributed by atoms with E-state index in [1.165, 1.54) is 0 Å². The highest BCUT2D eigenvalue weighted by molar-refractivity contribution is 5.78.